The van der Waals surface area contributed by atoms with Crippen molar-refractivity contribution in [1.82, 2.24) is 4.98 Å². The molecule has 1 nitrogen and oxygen atoms in total. The van der Waals surface area contributed by atoms with Gasteiger partial charge in [-0.05, 0) is 30.3 Å². The molecule has 0 aliphatic carbocycles. The van der Waals surface area contributed by atoms with Crippen LogP contribution in [0.2, 0.25) is 15.1 Å². The molecule has 0 amide bonds. The van der Waals surface area contributed by atoms with Crippen molar-refractivity contribution >= 4 is 56.4 Å². The molecule has 0 spiro atoms. The first-order valence-corrected chi connectivity index (χ1v) is 7.10. The second-order valence-electron chi connectivity index (χ2n) is 3.73. The minimum atomic E-state index is 0.634. The van der Waals surface area contributed by atoms with E-state index in [-0.39, 0.29) is 0 Å². The number of hydrogen-bond acceptors (Lipinski definition) is 2. The standard InChI is InChI=1S/C13H6Cl3NS/c14-7-4-5-9(15)8(6-7)13-17-12-10(16)2-1-3-11(12)18-13/h1-6H. The minimum Gasteiger partial charge on any atom is -0.234 e. The molecule has 0 saturated heterocycles. The van der Waals surface area contributed by atoms with Gasteiger partial charge in [-0.2, -0.15) is 0 Å². The zero-order valence-electron chi connectivity index (χ0n) is 8.95. The number of fused-ring (bicyclic) bond motifs is 1. The largest absolute Gasteiger partial charge is 0.234 e. The average Bonchev–Trinajstić information content (AvgIpc) is 2.77. The Kier molecular flexibility index (Phi) is 3.20. The van der Waals surface area contributed by atoms with E-state index in [2.05, 4.69) is 4.98 Å². The average molecular weight is 315 g/mol. The predicted octanol–water partition coefficient (Wildman–Crippen LogP) is 5.92. The van der Waals surface area contributed by atoms with Gasteiger partial charge in [0.15, 0.2) is 0 Å². The molecule has 2 aromatic carbocycles. The number of aromatic nitrogens is 1. The molecule has 5 heteroatoms. The van der Waals surface area contributed by atoms with Crippen LogP contribution in [0.25, 0.3) is 20.8 Å². The van der Waals surface area contributed by atoms with Crippen molar-refractivity contribution in [3.8, 4) is 10.6 Å². The topological polar surface area (TPSA) is 12.9 Å². The fraction of sp³-hybridized carbons (Fsp3) is 0. The highest BCUT2D eigenvalue weighted by molar-refractivity contribution is 7.21. The second-order valence-corrected chi connectivity index (χ2v) is 6.01. The predicted molar refractivity (Wildman–Crippen MR) is 80.1 cm³/mol. The lowest BCUT2D eigenvalue weighted by Gasteiger charge is -2.00. The van der Waals surface area contributed by atoms with Gasteiger partial charge < -0.3 is 0 Å². The van der Waals surface area contributed by atoms with Crippen LogP contribution in [0.3, 0.4) is 0 Å². The van der Waals surface area contributed by atoms with Crippen molar-refractivity contribution in [1.29, 1.82) is 0 Å². The van der Waals surface area contributed by atoms with Crippen molar-refractivity contribution in [2.75, 3.05) is 0 Å². The summed E-state index contributed by atoms with van der Waals surface area (Å²) >= 11 is 19.8. The Balaban J connectivity index is 2.26. The van der Waals surface area contributed by atoms with Gasteiger partial charge in [0.25, 0.3) is 0 Å². The molecule has 0 unspecified atom stereocenters. The molecule has 0 aliphatic rings. The Morgan fingerprint density at radius 2 is 1.78 bits per heavy atom. The highest BCUT2D eigenvalue weighted by Gasteiger charge is 2.11. The fourth-order valence-corrected chi connectivity index (χ4v) is 3.42. The molecule has 0 saturated carbocycles. The zero-order valence-corrected chi connectivity index (χ0v) is 12.0. The summed E-state index contributed by atoms with van der Waals surface area (Å²) in [6.45, 7) is 0. The van der Waals surface area contributed by atoms with Crippen LogP contribution in [0.5, 0.6) is 0 Å². The Morgan fingerprint density at radius 3 is 2.56 bits per heavy atom. The molecule has 18 heavy (non-hydrogen) atoms. The van der Waals surface area contributed by atoms with E-state index in [1.165, 1.54) is 0 Å². The molecule has 1 heterocycles. The number of halogens is 3. The monoisotopic (exact) mass is 313 g/mol. The molecule has 1 aromatic heterocycles. The summed E-state index contributed by atoms with van der Waals surface area (Å²) in [4.78, 5) is 4.53. The molecule has 0 N–H and O–H groups in total. The van der Waals surface area contributed by atoms with Crippen LogP contribution in [-0.2, 0) is 0 Å². The van der Waals surface area contributed by atoms with E-state index < -0.39 is 0 Å². The minimum absolute atomic E-state index is 0.634. The molecule has 3 rings (SSSR count). The first-order valence-electron chi connectivity index (χ1n) is 5.15. The summed E-state index contributed by atoms with van der Waals surface area (Å²) in [5, 5.41) is 2.74. The highest BCUT2D eigenvalue weighted by atomic mass is 35.5. The number of benzene rings is 2. The first-order chi connectivity index (χ1) is 8.65. The summed E-state index contributed by atoms with van der Waals surface area (Å²) in [5.41, 5.74) is 1.64. The Hall–Kier alpha value is -0.800. The molecule has 0 bridgehead atoms. The molecular weight excluding hydrogens is 309 g/mol. The quantitative estimate of drug-likeness (QED) is 0.543. The molecule has 3 aromatic rings. The fourth-order valence-electron chi connectivity index (χ4n) is 1.69. The Labute approximate surface area is 123 Å². The van der Waals surface area contributed by atoms with E-state index >= 15 is 0 Å². The maximum Gasteiger partial charge on any atom is 0.126 e. The molecule has 0 radical (unpaired) electrons. The lowest BCUT2D eigenvalue weighted by molar-refractivity contribution is 1.48. The van der Waals surface area contributed by atoms with Crippen LogP contribution >= 0.6 is 46.1 Å². The van der Waals surface area contributed by atoms with E-state index in [0.717, 1.165) is 20.8 Å². The van der Waals surface area contributed by atoms with E-state index in [9.17, 15) is 0 Å². The van der Waals surface area contributed by atoms with Crippen LogP contribution in [0, 0.1) is 0 Å². The van der Waals surface area contributed by atoms with Crippen molar-refractivity contribution in [2.24, 2.45) is 0 Å². The van der Waals surface area contributed by atoms with E-state index in [1.54, 1.807) is 23.5 Å². The maximum atomic E-state index is 6.17. The van der Waals surface area contributed by atoms with E-state index in [1.807, 2.05) is 24.3 Å². The number of hydrogen-bond donors (Lipinski definition) is 0. The SMILES string of the molecule is Clc1ccc(Cl)c(-c2nc3c(Cl)cccc3s2)c1. The van der Waals surface area contributed by atoms with Gasteiger partial charge in [0.05, 0.1) is 14.7 Å². The number of para-hydroxylation sites is 1. The normalized spacial score (nSPS) is 11.1. The van der Waals surface area contributed by atoms with Gasteiger partial charge in [-0.15, -0.1) is 11.3 Å². The van der Waals surface area contributed by atoms with Crippen LogP contribution in [0.1, 0.15) is 0 Å². The summed E-state index contributed by atoms with van der Waals surface area (Å²) in [6.07, 6.45) is 0. The van der Waals surface area contributed by atoms with Crippen molar-refractivity contribution in [3.05, 3.63) is 51.5 Å². The molecule has 0 aliphatic heterocycles. The third kappa shape index (κ3) is 2.10. The van der Waals surface area contributed by atoms with Crippen LogP contribution in [0.4, 0.5) is 0 Å². The van der Waals surface area contributed by atoms with Crippen LogP contribution in [0.15, 0.2) is 36.4 Å². The van der Waals surface area contributed by atoms with Crippen LogP contribution < -0.4 is 0 Å². The smallest absolute Gasteiger partial charge is 0.126 e. The van der Waals surface area contributed by atoms with Gasteiger partial charge in [-0.3, -0.25) is 0 Å². The van der Waals surface area contributed by atoms with Crippen LogP contribution in [-0.4, -0.2) is 4.98 Å². The number of thiazole rings is 1. The number of rotatable bonds is 1. The van der Waals surface area contributed by atoms with Gasteiger partial charge in [0, 0.05) is 10.6 Å². The third-order valence-electron chi connectivity index (χ3n) is 2.53. The van der Waals surface area contributed by atoms with Gasteiger partial charge in [-0.1, -0.05) is 40.9 Å². The van der Waals surface area contributed by atoms with Gasteiger partial charge >= 0.3 is 0 Å². The highest BCUT2D eigenvalue weighted by Crippen LogP contribution is 2.37. The van der Waals surface area contributed by atoms with Crippen molar-refractivity contribution in [2.45, 2.75) is 0 Å². The van der Waals surface area contributed by atoms with E-state index in [4.69, 9.17) is 34.8 Å². The van der Waals surface area contributed by atoms with Crippen molar-refractivity contribution < 1.29 is 0 Å². The molecule has 0 fully saturated rings. The lowest BCUT2D eigenvalue weighted by Crippen LogP contribution is -1.78. The Morgan fingerprint density at radius 1 is 0.944 bits per heavy atom. The number of nitrogens with zero attached hydrogens (tertiary/aromatic N) is 1. The third-order valence-corrected chi connectivity index (χ3v) is 4.45. The summed E-state index contributed by atoms with van der Waals surface area (Å²) < 4.78 is 1.04. The Bertz CT molecular complexity index is 736. The molecule has 0 atom stereocenters. The molecule has 90 valence electrons. The summed E-state index contributed by atoms with van der Waals surface area (Å²) in [5.74, 6) is 0. The second kappa shape index (κ2) is 4.71. The summed E-state index contributed by atoms with van der Waals surface area (Å²) in [6, 6.07) is 11.1. The van der Waals surface area contributed by atoms with E-state index in [0.29, 0.717) is 15.1 Å². The van der Waals surface area contributed by atoms with Gasteiger partial charge in [0.1, 0.15) is 10.5 Å². The van der Waals surface area contributed by atoms with Gasteiger partial charge in [-0.25, -0.2) is 4.98 Å². The molecular formula is C13H6Cl3NS. The van der Waals surface area contributed by atoms with Gasteiger partial charge in [0.2, 0.25) is 0 Å². The van der Waals surface area contributed by atoms with Crippen molar-refractivity contribution in [3.63, 3.8) is 0 Å². The summed E-state index contributed by atoms with van der Waals surface area (Å²) in [7, 11) is 0. The zero-order chi connectivity index (χ0) is 12.7. The first kappa shape index (κ1) is 12.2. The lowest BCUT2D eigenvalue weighted by atomic mass is 10.2. The maximum absolute atomic E-state index is 6.17.